The van der Waals surface area contributed by atoms with E-state index < -0.39 is 0 Å². The van der Waals surface area contributed by atoms with Gasteiger partial charge in [-0.3, -0.25) is 0 Å². The number of aromatic nitrogens is 2. The molecule has 4 nitrogen and oxygen atoms in total. The summed E-state index contributed by atoms with van der Waals surface area (Å²) < 4.78 is 5.44. The summed E-state index contributed by atoms with van der Waals surface area (Å²) in [4.78, 5) is 8.38. The Morgan fingerprint density at radius 2 is 1.78 bits per heavy atom. The molecule has 0 amide bonds. The number of ether oxygens (including phenoxy) is 1. The van der Waals surface area contributed by atoms with E-state index in [1.165, 1.54) is 0 Å². The van der Waals surface area contributed by atoms with Gasteiger partial charge < -0.3 is 10.5 Å². The van der Waals surface area contributed by atoms with Crippen LogP contribution in [0.15, 0.2) is 18.2 Å². The van der Waals surface area contributed by atoms with Crippen molar-refractivity contribution in [3.8, 4) is 17.0 Å². The zero-order valence-electron chi connectivity index (χ0n) is 11.1. The third kappa shape index (κ3) is 2.27. The normalized spacial score (nSPS) is 10.4. The first-order valence-corrected chi connectivity index (χ1v) is 5.78. The summed E-state index contributed by atoms with van der Waals surface area (Å²) in [7, 11) is 1.66. The number of benzene rings is 1. The van der Waals surface area contributed by atoms with Crippen LogP contribution in [0.4, 0.5) is 5.95 Å². The molecule has 0 radical (unpaired) electrons. The van der Waals surface area contributed by atoms with Crippen LogP contribution in [0.2, 0.25) is 0 Å². The summed E-state index contributed by atoms with van der Waals surface area (Å²) in [6.45, 7) is 5.98. The Morgan fingerprint density at radius 1 is 1.06 bits per heavy atom. The highest BCUT2D eigenvalue weighted by molar-refractivity contribution is 5.72. The number of methoxy groups -OCH3 is 1. The highest BCUT2D eigenvalue weighted by atomic mass is 16.5. The predicted molar refractivity (Wildman–Crippen MR) is 72.6 cm³/mol. The van der Waals surface area contributed by atoms with Gasteiger partial charge in [0.2, 0.25) is 5.95 Å². The summed E-state index contributed by atoms with van der Waals surface area (Å²) in [5.74, 6) is 1.09. The fraction of sp³-hybridized carbons (Fsp3) is 0.286. The Morgan fingerprint density at radius 3 is 2.39 bits per heavy atom. The largest absolute Gasteiger partial charge is 0.496 e. The summed E-state index contributed by atoms with van der Waals surface area (Å²) in [5, 5.41) is 0. The molecule has 0 spiro atoms. The fourth-order valence-corrected chi connectivity index (χ4v) is 2.14. The zero-order valence-corrected chi connectivity index (χ0v) is 11.1. The quantitative estimate of drug-likeness (QED) is 0.880. The number of hydrogen-bond acceptors (Lipinski definition) is 4. The van der Waals surface area contributed by atoms with Gasteiger partial charge in [0, 0.05) is 11.3 Å². The first kappa shape index (κ1) is 12.4. The number of nitrogen functional groups attached to an aromatic ring is 1. The van der Waals surface area contributed by atoms with Crippen LogP contribution < -0.4 is 10.5 Å². The van der Waals surface area contributed by atoms with Crippen LogP contribution in [0.3, 0.4) is 0 Å². The second-order valence-corrected chi connectivity index (χ2v) is 4.41. The van der Waals surface area contributed by atoms with Crippen molar-refractivity contribution in [3.63, 3.8) is 0 Å². The van der Waals surface area contributed by atoms with E-state index in [0.717, 1.165) is 33.8 Å². The summed E-state index contributed by atoms with van der Waals surface area (Å²) >= 11 is 0. The van der Waals surface area contributed by atoms with E-state index in [1.807, 2.05) is 32.9 Å². The summed E-state index contributed by atoms with van der Waals surface area (Å²) in [6.07, 6.45) is 0. The molecule has 1 aromatic heterocycles. The summed E-state index contributed by atoms with van der Waals surface area (Å²) in [5.41, 5.74) is 10.6. The summed E-state index contributed by atoms with van der Waals surface area (Å²) in [6, 6.07) is 6.01. The van der Waals surface area contributed by atoms with Gasteiger partial charge in [-0.25, -0.2) is 9.97 Å². The average Bonchev–Trinajstić information content (AvgIpc) is 2.26. The van der Waals surface area contributed by atoms with E-state index in [4.69, 9.17) is 10.5 Å². The minimum Gasteiger partial charge on any atom is -0.496 e. The van der Waals surface area contributed by atoms with Gasteiger partial charge in [0.15, 0.2) is 0 Å². The monoisotopic (exact) mass is 243 g/mol. The van der Waals surface area contributed by atoms with E-state index in [-0.39, 0.29) is 5.95 Å². The number of rotatable bonds is 2. The van der Waals surface area contributed by atoms with E-state index in [2.05, 4.69) is 16.0 Å². The van der Waals surface area contributed by atoms with Gasteiger partial charge in [-0.1, -0.05) is 6.07 Å². The third-order valence-corrected chi connectivity index (χ3v) is 2.79. The molecule has 1 aromatic carbocycles. The second kappa shape index (κ2) is 4.64. The third-order valence-electron chi connectivity index (χ3n) is 2.79. The predicted octanol–water partition coefficient (Wildman–Crippen LogP) is 2.66. The molecule has 2 aromatic rings. The number of nitrogens with zero attached hydrogens (tertiary/aromatic N) is 2. The molecule has 18 heavy (non-hydrogen) atoms. The lowest BCUT2D eigenvalue weighted by molar-refractivity contribution is 0.415. The molecule has 0 unspecified atom stereocenters. The molecule has 1 heterocycles. The van der Waals surface area contributed by atoms with Gasteiger partial charge in [-0.15, -0.1) is 0 Å². The van der Waals surface area contributed by atoms with Crippen LogP contribution >= 0.6 is 0 Å². The fourth-order valence-electron chi connectivity index (χ4n) is 2.14. The van der Waals surface area contributed by atoms with Crippen molar-refractivity contribution in [2.75, 3.05) is 12.8 Å². The Balaban J connectivity index is 2.69. The molecule has 0 aliphatic rings. The van der Waals surface area contributed by atoms with Gasteiger partial charge in [0.05, 0.1) is 12.8 Å². The van der Waals surface area contributed by atoms with Gasteiger partial charge in [-0.05, 0) is 44.0 Å². The van der Waals surface area contributed by atoms with Gasteiger partial charge in [0.25, 0.3) is 0 Å². The maximum absolute atomic E-state index is 5.71. The van der Waals surface area contributed by atoms with Crippen molar-refractivity contribution in [1.29, 1.82) is 0 Å². The molecule has 0 saturated carbocycles. The zero-order chi connectivity index (χ0) is 13.3. The van der Waals surface area contributed by atoms with Crippen LogP contribution in [-0.4, -0.2) is 17.1 Å². The Bertz CT molecular complexity index is 574. The maximum Gasteiger partial charge on any atom is 0.220 e. The van der Waals surface area contributed by atoms with Crippen molar-refractivity contribution in [2.24, 2.45) is 0 Å². The van der Waals surface area contributed by atoms with Gasteiger partial charge in [0.1, 0.15) is 5.75 Å². The number of anilines is 1. The molecule has 94 valence electrons. The van der Waals surface area contributed by atoms with E-state index in [0.29, 0.717) is 0 Å². The molecule has 0 bridgehead atoms. The topological polar surface area (TPSA) is 61.0 Å². The smallest absolute Gasteiger partial charge is 0.220 e. The second-order valence-electron chi connectivity index (χ2n) is 4.41. The number of hydrogen-bond donors (Lipinski definition) is 1. The molecule has 0 aliphatic carbocycles. The first-order chi connectivity index (χ1) is 8.51. The molecule has 4 heteroatoms. The van der Waals surface area contributed by atoms with E-state index >= 15 is 0 Å². The molecule has 0 atom stereocenters. The van der Waals surface area contributed by atoms with Crippen LogP contribution in [-0.2, 0) is 0 Å². The average molecular weight is 243 g/mol. The van der Waals surface area contributed by atoms with Crippen molar-refractivity contribution >= 4 is 5.95 Å². The minimum absolute atomic E-state index is 0.284. The first-order valence-electron chi connectivity index (χ1n) is 5.78. The number of aryl methyl sites for hydroxylation is 3. The minimum atomic E-state index is 0.284. The molecule has 2 rings (SSSR count). The lowest BCUT2D eigenvalue weighted by Crippen LogP contribution is -2.00. The molecule has 0 fully saturated rings. The standard InChI is InChI=1S/C14H17N3O/c1-8-5-9(2)13(12(6-8)18-4)11-7-10(3)16-14(15)17-11/h5-7H,1-4H3,(H2,15,16,17). The maximum atomic E-state index is 5.71. The highest BCUT2D eigenvalue weighted by Gasteiger charge is 2.12. The Labute approximate surface area is 107 Å². The van der Waals surface area contributed by atoms with Crippen molar-refractivity contribution in [3.05, 3.63) is 35.0 Å². The lowest BCUT2D eigenvalue weighted by Gasteiger charge is -2.13. The van der Waals surface area contributed by atoms with Gasteiger partial charge in [-0.2, -0.15) is 0 Å². The molecule has 2 N–H and O–H groups in total. The molecule has 0 aliphatic heterocycles. The number of nitrogens with two attached hydrogens (primary N) is 1. The Hall–Kier alpha value is -2.10. The van der Waals surface area contributed by atoms with Crippen LogP contribution in [0, 0.1) is 20.8 Å². The van der Waals surface area contributed by atoms with Crippen LogP contribution in [0.25, 0.3) is 11.3 Å². The van der Waals surface area contributed by atoms with Crippen LogP contribution in [0.1, 0.15) is 16.8 Å². The van der Waals surface area contributed by atoms with E-state index in [9.17, 15) is 0 Å². The van der Waals surface area contributed by atoms with Crippen molar-refractivity contribution in [1.82, 2.24) is 9.97 Å². The lowest BCUT2D eigenvalue weighted by atomic mass is 10.0. The molecular formula is C14H17N3O. The molecular weight excluding hydrogens is 226 g/mol. The van der Waals surface area contributed by atoms with Crippen LogP contribution in [0.5, 0.6) is 5.75 Å². The SMILES string of the molecule is COc1cc(C)cc(C)c1-c1cc(C)nc(N)n1. The van der Waals surface area contributed by atoms with Crippen molar-refractivity contribution < 1.29 is 4.74 Å². The van der Waals surface area contributed by atoms with Crippen molar-refractivity contribution in [2.45, 2.75) is 20.8 Å². The van der Waals surface area contributed by atoms with E-state index in [1.54, 1.807) is 7.11 Å². The van der Waals surface area contributed by atoms with Gasteiger partial charge >= 0.3 is 0 Å². The highest BCUT2D eigenvalue weighted by Crippen LogP contribution is 2.33. The molecule has 0 saturated heterocycles. The Kier molecular flexibility index (Phi) is 3.19.